The van der Waals surface area contributed by atoms with Crippen LogP contribution in [0.15, 0.2) is 23.0 Å². The molecule has 5 nitrogen and oxygen atoms in total. The van der Waals surface area contributed by atoms with E-state index in [1.165, 1.54) is 18.2 Å². The summed E-state index contributed by atoms with van der Waals surface area (Å²) in [7, 11) is 0. The molecular weight excluding hydrogens is 226 g/mol. The Labute approximate surface area is 98.0 Å². The fourth-order valence-electron chi connectivity index (χ4n) is 1.23. The van der Waals surface area contributed by atoms with Crippen LogP contribution >= 0.6 is 12.2 Å². The first-order chi connectivity index (χ1) is 7.49. The van der Waals surface area contributed by atoms with Gasteiger partial charge in [0.25, 0.3) is 5.91 Å². The van der Waals surface area contributed by atoms with Crippen LogP contribution in [0.5, 0.6) is 0 Å². The van der Waals surface area contributed by atoms with Crippen LogP contribution in [0.1, 0.15) is 23.8 Å². The van der Waals surface area contributed by atoms with Crippen LogP contribution in [0, 0.1) is 0 Å². The zero-order valence-electron chi connectivity index (χ0n) is 8.82. The molecule has 86 valence electrons. The van der Waals surface area contributed by atoms with Crippen LogP contribution in [0.25, 0.3) is 0 Å². The number of nitrogens with one attached hydrogen (secondary N) is 2. The second kappa shape index (κ2) is 5.41. The number of aromatic nitrogens is 1. The standard InChI is InChI=1S/C10H13N3O2S/c1-6(5-8(11)16)12-10(15)7-3-2-4-9(14)13-7/h2-4,6H,5H2,1H3,(H2,11,16)(H,12,15)(H,13,14). The normalized spacial score (nSPS) is 11.8. The zero-order valence-corrected chi connectivity index (χ0v) is 9.64. The fourth-order valence-corrected chi connectivity index (χ4v) is 1.48. The first kappa shape index (κ1) is 12.4. The summed E-state index contributed by atoms with van der Waals surface area (Å²) >= 11 is 4.73. The SMILES string of the molecule is CC(CC(N)=S)NC(=O)c1cccc(=O)[nH]1. The summed E-state index contributed by atoms with van der Waals surface area (Å²) in [6.45, 7) is 1.79. The Morgan fingerprint density at radius 1 is 1.62 bits per heavy atom. The first-order valence-electron chi connectivity index (χ1n) is 4.77. The van der Waals surface area contributed by atoms with Crippen molar-refractivity contribution in [1.82, 2.24) is 10.3 Å². The molecule has 1 aromatic heterocycles. The number of aromatic amines is 1. The van der Waals surface area contributed by atoms with Crippen molar-refractivity contribution in [3.63, 3.8) is 0 Å². The smallest absolute Gasteiger partial charge is 0.268 e. The lowest BCUT2D eigenvalue weighted by Crippen LogP contribution is -2.36. The summed E-state index contributed by atoms with van der Waals surface area (Å²) in [5.41, 5.74) is 5.27. The molecule has 0 fully saturated rings. The highest BCUT2D eigenvalue weighted by molar-refractivity contribution is 7.80. The molecule has 4 N–H and O–H groups in total. The van der Waals surface area contributed by atoms with Gasteiger partial charge in [-0.1, -0.05) is 18.3 Å². The number of thiocarbonyl (C=S) groups is 1. The zero-order chi connectivity index (χ0) is 12.1. The molecule has 0 spiro atoms. The minimum atomic E-state index is -0.346. The van der Waals surface area contributed by atoms with Crippen molar-refractivity contribution in [3.8, 4) is 0 Å². The van der Waals surface area contributed by atoms with E-state index in [1.54, 1.807) is 6.92 Å². The number of nitrogens with two attached hydrogens (primary N) is 1. The summed E-state index contributed by atoms with van der Waals surface area (Å²) in [6, 6.07) is 4.24. The van der Waals surface area contributed by atoms with E-state index in [0.717, 1.165) is 0 Å². The molecule has 0 aliphatic heterocycles. The highest BCUT2D eigenvalue weighted by Crippen LogP contribution is 1.95. The van der Waals surface area contributed by atoms with Crippen molar-refractivity contribution in [2.24, 2.45) is 5.73 Å². The van der Waals surface area contributed by atoms with E-state index < -0.39 is 0 Å². The Balaban J connectivity index is 2.65. The van der Waals surface area contributed by atoms with Gasteiger partial charge in [-0.15, -0.1) is 0 Å². The van der Waals surface area contributed by atoms with Gasteiger partial charge in [0, 0.05) is 18.5 Å². The number of H-pyrrole nitrogens is 1. The van der Waals surface area contributed by atoms with E-state index in [9.17, 15) is 9.59 Å². The first-order valence-corrected chi connectivity index (χ1v) is 5.18. The van der Waals surface area contributed by atoms with Gasteiger partial charge in [0.05, 0.1) is 4.99 Å². The highest BCUT2D eigenvalue weighted by atomic mass is 32.1. The second-order valence-electron chi connectivity index (χ2n) is 3.47. The fraction of sp³-hybridized carbons (Fsp3) is 0.300. The molecule has 1 atom stereocenters. The van der Waals surface area contributed by atoms with Gasteiger partial charge in [-0.05, 0) is 13.0 Å². The maximum atomic E-state index is 11.6. The lowest BCUT2D eigenvalue weighted by atomic mass is 10.2. The van der Waals surface area contributed by atoms with E-state index >= 15 is 0 Å². The molecule has 1 aromatic rings. The molecule has 0 saturated carbocycles. The summed E-state index contributed by atoms with van der Waals surface area (Å²) in [6.07, 6.45) is 0.429. The van der Waals surface area contributed by atoms with Gasteiger partial charge in [-0.2, -0.15) is 0 Å². The maximum absolute atomic E-state index is 11.6. The minimum Gasteiger partial charge on any atom is -0.393 e. The summed E-state index contributed by atoms with van der Waals surface area (Å²) in [5, 5.41) is 2.68. The molecule has 6 heteroatoms. The van der Waals surface area contributed by atoms with E-state index in [1.807, 2.05) is 0 Å². The number of carbonyl (C=O) groups is 1. The van der Waals surface area contributed by atoms with Crippen molar-refractivity contribution in [2.45, 2.75) is 19.4 Å². The number of rotatable bonds is 4. The molecule has 1 amide bonds. The molecule has 0 saturated heterocycles. The van der Waals surface area contributed by atoms with Gasteiger partial charge >= 0.3 is 0 Å². The van der Waals surface area contributed by atoms with Crippen molar-refractivity contribution in [3.05, 3.63) is 34.2 Å². The lowest BCUT2D eigenvalue weighted by Gasteiger charge is -2.12. The summed E-state index contributed by atoms with van der Waals surface area (Å²) < 4.78 is 0. The van der Waals surface area contributed by atoms with E-state index in [4.69, 9.17) is 18.0 Å². The third-order valence-electron chi connectivity index (χ3n) is 1.90. The molecule has 1 heterocycles. The number of carbonyl (C=O) groups excluding carboxylic acids is 1. The lowest BCUT2D eigenvalue weighted by molar-refractivity contribution is 0.0936. The Kier molecular flexibility index (Phi) is 4.19. The Morgan fingerprint density at radius 2 is 2.31 bits per heavy atom. The van der Waals surface area contributed by atoms with Gasteiger partial charge in [0.15, 0.2) is 0 Å². The molecule has 0 aliphatic carbocycles. The third kappa shape index (κ3) is 3.82. The van der Waals surface area contributed by atoms with Crippen LogP contribution in [-0.2, 0) is 0 Å². The Morgan fingerprint density at radius 3 is 2.88 bits per heavy atom. The van der Waals surface area contributed by atoms with Crippen LogP contribution in [0.2, 0.25) is 0 Å². The number of hydrogen-bond acceptors (Lipinski definition) is 3. The van der Waals surface area contributed by atoms with Gasteiger partial charge in [-0.3, -0.25) is 9.59 Å². The molecule has 1 unspecified atom stereocenters. The van der Waals surface area contributed by atoms with Crippen molar-refractivity contribution in [2.75, 3.05) is 0 Å². The number of amides is 1. The Hall–Kier alpha value is -1.69. The minimum absolute atomic E-state index is 0.159. The third-order valence-corrected chi connectivity index (χ3v) is 2.06. The van der Waals surface area contributed by atoms with Crippen LogP contribution < -0.4 is 16.6 Å². The van der Waals surface area contributed by atoms with Crippen LogP contribution in [-0.4, -0.2) is 21.9 Å². The maximum Gasteiger partial charge on any atom is 0.268 e. The molecule has 1 rings (SSSR count). The molecule has 0 aromatic carbocycles. The van der Waals surface area contributed by atoms with Crippen molar-refractivity contribution >= 4 is 23.1 Å². The van der Waals surface area contributed by atoms with Crippen molar-refractivity contribution in [1.29, 1.82) is 0 Å². The topological polar surface area (TPSA) is 88.0 Å². The highest BCUT2D eigenvalue weighted by Gasteiger charge is 2.10. The molecule has 0 aliphatic rings. The number of pyridine rings is 1. The van der Waals surface area contributed by atoms with E-state index in [2.05, 4.69) is 10.3 Å². The second-order valence-corrected chi connectivity index (χ2v) is 4.00. The van der Waals surface area contributed by atoms with Gasteiger partial charge < -0.3 is 16.0 Å². The predicted molar refractivity (Wildman–Crippen MR) is 65.4 cm³/mol. The van der Waals surface area contributed by atoms with E-state index in [0.29, 0.717) is 11.4 Å². The van der Waals surface area contributed by atoms with Crippen molar-refractivity contribution < 1.29 is 4.79 Å². The van der Waals surface area contributed by atoms with Gasteiger partial charge in [0.2, 0.25) is 5.56 Å². The predicted octanol–water partition coefficient (Wildman–Crippen LogP) is 0.169. The van der Waals surface area contributed by atoms with E-state index in [-0.39, 0.29) is 23.2 Å². The number of hydrogen-bond donors (Lipinski definition) is 3. The molecule has 16 heavy (non-hydrogen) atoms. The van der Waals surface area contributed by atoms with Crippen LogP contribution in [0.3, 0.4) is 0 Å². The molecular formula is C10H13N3O2S. The average Bonchev–Trinajstić information content (AvgIpc) is 2.16. The van der Waals surface area contributed by atoms with Crippen LogP contribution in [0.4, 0.5) is 0 Å². The quantitative estimate of drug-likeness (QED) is 0.653. The summed E-state index contributed by atoms with van der Waals surface area (Å²) in [4.78, 5) is 25.4. The largest absolute Gasteiger partial charge is 0.393 e. The molecule has 0 radical (unpaired) electrons. The Bertz CT molecular complexity index is 455. The monoisotopic (exact) mass is 239 g/mol. The van der Waals surface area contributed by atoms with Gasteiger partial charge in [0.1, 0.15) is 5.69 Å². The summed E-state index contributed by atoms with van der Waals surface area (Å²) in [5.74, 6) is -0.346. The average molecular weight is 239 g/mol. The van der Waals surface area contributed by atoms with Gasteiger partial charge in [-0.25, -0.2) is 0 Å². The molecule has 0 bridgehead atoms.